The lowest BCUT2D eigenvalue weighted by molar-refractivity contribution is -0.123. The predicted octanol–water partition coefficient (Wildman–Crippen LogP) is 2.42. The molecule has 0 heterocycles. The summed E-state index contributed by atoms with van der Waals surface area (Å²) in [6.45, 7) is 1.47. The smallest absolute Gasteiger partial charge is 0.338 e. The Morgan fingerprint density at radius 3 is 2.40 bits per heavy atom. The van der Waals surface area contributed by atoms with Gasteiger partial charge < -0.3 is 10.1 Å². The van der Waals surface area contributed by atoms with Crippen LogP contribution in [-0.2, 0) is 25.1 Å². The minimum atomic E-state index is -3.21. The number of sulfone groups is 1. The lowest BCUT2D eigenvalue weighted by atomic mass is 10.1. The summed E-state index contributed by atoms with van der Waals surface area (Å²) in [7, 11) is -3.21. The largest absolute Gasteiger partial charge is 0.449 e. The van der Waals surface area contributed by atoms with E-state index in [1.165, 1.54) is 19.1 Å². The van der Waals surface area contributed by atoms with Crippen LogP contribution in [-0.4, -0.2) is 32.7 Å². The molecule has 1 amide bonds. The lowest BCUT2D eigenvalue weighted by Gasteiger charge is -2.14. The van der Waals surface area contributed by atoms with Crippen molar-refractivity contribution in [3.63, 3.8) is 0 Å². The van der Waals surface area contributed by atoms with E-state index in [9.17, 15) is 18.0 Å². The van der Waals surface area contributed by atoms with Crippen molar-refractivity contribution in [2.75, 3.05) is 11.6 Å². The summed E-state index contributed by atoms with van der Waals surface area (Å²) in [5, 5.41) is 2.65. The summed E-state index contributed by atoms with van der Waals surface area (Å²) in [5.74, 6) is -1.31. The first-order valence-corrected chi connectivity index (χ1v) is 9.64. The van der Waals surface area contributed by atoms with E-state index in [-0.39, 0.29) is 11.3 Å². The molecule has 6 nitrogen and oxygen atoms in total. The molecule has 0 bridgehead atoms. The number of benzene rings is 2. The van der Waals surface area contributed by atoms with E-state index >= 15 is 0 Å². The van der Waals surface area contributed by atoms with Crippen LogP contribution in [0.25, 0.3) is 0 Å². The van der Waals surface area contributed by atoms with Crippen LogP contribution >= 0.6 is 0 Å². The van der Waals surface area contributed by atoms with Crippen LogP contribution in [0.1, 0.15) is 22.8 Å². The molecule has 0 radical (unpaired) electrons. The standard InChI is InChI=1S/C18H19NO5S/c1-13(17(20)19-16-9-4-3-5-10-16)24-18(21)15-8-6-7-14(11-15)12-25(2,22)23/h3-11,13H,12H2,1-2H3,(H,19,20)/t13-/m1/s1. The topological polar surface area (TPSA) is 89.5 Å². The molecule has 0 saturated carbocycles. The van der Waals surface area contributed by atoms with Gasteiger partial charge in [-0.2, -0.15) is 0 Å². The highest BCUT2D eigenvalue weighted by molar-refractivity contribution is 7.89. The van der Waals surface area contributed by atoms with Crippen molar-refractivity contribution < 1.29 is 22.7 Å². The number of amides is 1. The predicted molar refractivity (Wildman–Crippen MR) is 94.9 cm³/mol. The molecule has 2 rings (SSSR count). The van der Waals surface area contributed by atoms with Gasteiger partial charge in [0.25, 0.3) is 5.91 Å². The number of hydrogen-bond acceptors (Lipinski definition) is 5. The molecule has 0 fully saturated rings. The van der Waals surface area contributed by atoms with Gasteiger partial charge in [0.05, 0.1) is 11.3 Å². The fourth-order valence-corrected chi connectivity index (χ4v) is 2.92. The normalized spacial score (nSPS) is 12.2. The van der Waals surface area contributed by atoms with Gasteiger partial charge >= 0.3 is 5.97 Å². The number of carbonyl (C=O) groups is 2. The van der Waals surface area contributed by atoms with Gasteiger partial charge in [-0.05, 0) is 36.8 Å². The number of para-hydroxylation sites is 1. The van der Waals surface area contributed by atoms with Gasteiger partial charge in [0.2, 0.25) is 0 Å². The molecule has 0 saturated heterocycles. The highest BCUT2D eigenvalue weighted by atomic mass is 32.2. The Balaban J connectivity index is 2.01. The van der Waals surface area contributed by atoms with Crippen LogP contribution in [0.4, 0.5) is 5.69 Å². The fraction of sp³-hybridized carbons (Fsp3) is 0.222. The highest BCUT2D eigenvalue weighted by Crippen LogP contribution is 2.12. The Bertz CT molecular complexity index is 862. The maximum absolute atomic E-state index is 12.2. The molecule has 25 heavy (non-hydrogen) atoms. The van der Waals surface area contributed by atoms with E-state index in [2.05, 4.69) is 5.32 Å². The average Bonchev–Trinajstić information content (AvgIpc) is 2.54. The summed E-state index contributed by atoms with van der Waals surface area (Å²) in [5.41, 5.74) is 1.28. The van der Waals surface area contributed by atoms with Crippen molar-refractivity contribution in [3.05, 3.63) is 65.7 Å². The van der Waals surface area contributed by atoms with Gasteiger partial charge in [-0.3, -0.25) is 4.79 Å². The number of ether oxygens (including phenoxy) is 1. The van der Waals surface area contributed by atoms with Crippen molar-refractivity contribution in [1.29, 1.82) is 0 Å². The van der Waals surface area contributed by atoms with E-state index < -0.39 is 27.8 Å². The van der Waals surface area contributed by atoms with Gasteiger partial charge in [-0.15, -0.1) is 0 Å². The second-order valence-electron chi connectivity index (χ2n) is 5.67. The zero-order chi connectivity index (χ0) is 18.4. The Hall–Kier alpha value is -2.67. The third kappa shape index (κ3) is 6.04. The fourth-order valence-electron chi connectivity index (χ4n) is 2.14. The first kappa shape index (κ1) is 18.7. The Kier molecular flexibility index (Phi) is 5.93. The van der Waals surface area contributed by atoms with Gasteiger partial charge in [0.1, 0.15) is 0 Å². The first-order chi connectivity index (χ1) is 11.7. The molecule has 2 aromatic rings. The molecule has 1 N–H and O–H groups in total. The number of nitrogens with one attached hydrogen (secondary N) is 1. The van der Waals surface area contributed by atoms with Crippen molar-refractivity contribution in [3.8, 4) is 0 Å². The second kappa shape index (κ2) is 7.94. The Labute approximate surface area is 146 Å². The summed E-state index contributed by atoms with van der Waals surface area (Å²) in [6.07, 6.45) is 0.125. The Morgan fingerprint density at radius 1 is 1.08 bits per heavy atom. The third-order valence-corrected chi connectivity index (χ3v) is 4.14. The van der Waals surface area contributed by atoms with Crippen molar-refractivity contribution in [1.82, 2.24) is 0 Å². The van der Waals surface area contributed by atoms with E-state index in [1.54, 1.807) is 36.4 Å². The van der Waals surface area contributed by atoms with Crippen LogP contribution in [0.15, 0.2) is 54.6 Å². The van der Waals surface area contributed by atoms with Gasteiger partial charge in [0, 0.05) is 11.9 Å². The van der Waals surface area contributed by atoms with Crippen LogP contribution < -0.4 is 5.32 Å². The molecule has 0 aliphatic carbocycles. The quantitative estimate of drug-likeness (QED) is 0.798. The molecule has 132 valence electrons. The third-order valence-electron chi connectivity index (χ3n) is 3.29. The zero-order valence-corrected chi connectivity index (χ0v) is 14.7. The highest BCUT2D eigenvalue weighted by Gasteiger charge is 2.19. The summed E-state index contributed by atoms with van der Waals surface area (Å²) in [4.78, 5) is 24.2. The molecule has 0 aliphatic rings. The molecule has 0 unspecified atom stereocenters. The molecule has 0 aliphatic heterocycles. The maximum atomic E-state index is 12.2. The van der Waals surface area contributed by atoms with E-state index in [0.29, 0.717) is 11.3 Å². The summed E-state index contributed by atoms with van der Waals surface area (Å²) >= 11 is 0. The second-order valence-corrected chi connectivity index (χ2v) is 7.81. The Morgan fingerprint density at radius 2 is 1.76 bits per heavy atom. The van der Waals surface area contributed by atoms with Gasteiger partial charge in [0.15, 0.2) is 15.9 Å². The number of esters is 1. The van der Waals surface area contributed by atoms with Gasteiger partial charge in [-0.25, -0.2) is 13.2 Å². The molecule has 1 atom stereocenters. The summed E-state index contributed by atoms with van der Waals surface area (Å²) in [6, 6.07) is 15.0. The molecule has 7 heteroatoms. The van der Waals surface area contributed by atoms with Crippen molar-refractivity contribution in [2.24, 2.45) is 0 Å². The van der Waals surface area contributed by atoms with Crippen molar-refractivity contribution >= 4 is 27.4 Å². The van der Waals surface area contributed by atoms with E-state index in [0.717, 1.165) is 6.26 Å². The van der Waals surface area contributed by atoms with Crippen LogP contribution in [0.5, 0.6) is 0 Å². The minimum Gasteiger partial charge on any atom is -0.449 e. The average molecular weight is 361 g/mol. The number of anilines is 1. The summed E-state index contributed by atoms with van der Waals surface area (Å²) < 4.78 is 27.9. The number of rotatable bonds is 6. The zero-order valence-electron chi connectivity index (χ0n) is 13.9. The van der Waals surface area contributed by atoms with Crippen LogP contribution in [0, 0.1) is 0 Å². The molecule has 0 aromatic heterocycles. The number of carbonyl (C=O) groups excluding carboxylic acids is 2. The first-order valence-electron chi connectivity index (χ1n) is 7.58. The van der Waals surface area contributed by atoms with Gasteiger partial charge in [-0.1, -0.05) is 30.3 Å². The van der Waals surface area contributed by atoms with E-state index in [4.69, 9.17) is 4.74 Å². The molecular weight excluding hydrogens is 342 g/mol. The van der Waals surface area contributed by atoms with Crippen LogP contribution in [0.2, 0.25) is 0 Å². The molecule has 0 spiro atoms. The molecule has 2 aromatic carbocycles. The number of hydrogen-bond donors (Lipinski definition) is 1. The monoisotopic (exact) mass is 361 g/mol. The lowest BCUT2D eigenvalue weighted by Crippen LogP contribution is -2.30. The van der Waals surface area contributed by atoms with Crippen LogP contribution in [0.3, 0.4) is 0 Å². The SMILES string of the molecule is C[C@@H](OC(=O)c1cccc(CS(C)(=O)=O)c1)C(=O)Nc1ccccc1. The molecular formula is C18H19NO5S. The van der Waals surface area contributed by atoms with E-state index in [1.807, 2.05) is 6.07 Å². The minimum absolute atomic E-state index is 0.168. The maximum Gasteiger partial charge on any atom is 0.338 e. The van der Waals surface area contributed by atoms with Crippen molar-refractivity contribution in [2.45, 2.75) is 18.8 Å².